The molecule has 200 valence electrons. The number of piperazine rings is 1. The smallest absolute Gasteiger partial charge is 0.419 e. The number of hydrogen-bond acceptors (Lipinski definition) is 5. The van der Waals surface area contributed by atoms with E-state index in [0.29, 0.717) is 24.5 Å². The van der Waals surface area contributed by atoms with Crippen LogP contribution in [0.3, 0.4) is 0 Å². The zero-order valence-electron chi connectivity index (χ0n) is 20.4. The van der Waals surface area contributed by atoms with Gasteiger partial charge in [0, 0.05) is 30.9 Å². The molecule has 0 bridgehead atoms. The van der Waals surface area contributed by atoms with Crippen molar-refractivity contribution in [1.82, 2.24) is 4.90 Å². The second-order valence-electron chi connectivity index (χ2n) is 9.67. The number of aliphatic carboxylic acids is 1. The summed E-state index contributed by atoms with van der Waals surface area (Å²) >= 11 is 0. The van der Waals surface area contributed by atoms with E-state index in [2.05, 4.69) is 6.58 Å². The average molecular weight is 541 g/mol. The number of rotatable bonds is 6. The first-order valence-electron chi connectivity index (χ1n) is 11.9. The van der Waals surface area contributed by atoms with Gasteiger partial charge in [-0.15, -0.1) is 6.58 Å². The van der Waals surface area contributed by atoms with Crippen molar-refractivity contribution in [3.63, 3.8) is 0 Å². The van der Waals surface area contributed by atoms with Crippen LogP contribution in [0.25, 0.3) is 0 Å². The number of halogens is 4. The largest absolute Gasteiger partial charge is 0.481 e. The summed E-state index contributed by atoms with van der Waals surface area (Å²) in [6.07, 6.45) is -2.48. The van der Waals surface area contributed by atoms with E-state index in [1.165, 1.54) is 24.3 Å². The van der Waals surface area contributed by atoms with Gasteiger partial charge in [-0.05, 0) is 68.1 Å². The fourth-order valence-electron chi connectivity index (χ4n) is 5.54. The normalized spacial score (nSPS) is 23.5. The van der Waals surface area contributed by atoms with Gasteiger partial charge in [-0.2, -0.15) is 13.2 Å². The fraction of sp³-hybridized carbons (Fsp3) is 0.423. The average Bonchev–Trinajstić information content (AvgIpc) is 3.24. The standard InChI is InChI=1S/C26H28F4N2O4S/c1-4-24(37(35,36)19-8-5-17-6-9-20(25(33)34)21(17)12-19)32-15(2)13-31(14-16(32)3)18-7-10-22(23(27)11-18)26(28,29)30/h4-5,7-8,10-12,15-16,20,24H,1,6,9,13-14H2,2-3H3,(H,33,34). The molecule has 1 N–H and O–H groups in total. The maximum Gasteiger partial charge on any atom is 0.419 e. The van der Waals surface area contributed by atoms with Crippen molar-refractivity contribution < 1.29 is 35.9 Å². The molecule has 4 atom stereocenters. The number of alkyl halides is 3. The van der Waals surface area contributed by atoms with E-state index in [9.17, 15) is 35.9 Å². The Labute approximate surface area is 213 Å². The molecule has 0 spiro atoms. The second kappa shape index (κ2) is 9.75. The first-order chi connectivity index (χ1) is 17.3. The first kappa shape index (κ1) is 27.1. The minimum atomic E-state index is -4.80. The molecule has 4 unspecified atom stereocenters. The minimum absolute atomic E-state index is 0.0101. The summed E-state index contributed by atoms with van der Waals surface area (Å²) in [5.74, 6) is -3.11. The van der Waals surface area contributed by atoms with E-state index in [1.807, 2.05) is 0 Å². The lowest BCUT2D eigenvalue weighted by atomic mass is 10.0. The number of nitrogens with zero attached hydrogens (tertiary/aromatic N) is 2. The number of sulfone groups is 1. The van der Waals surface area contributed by atoms with Crippen LogP contribution in [0.5, 0.6) is 0 Å². The van der Waals surface area contributed by atoms with Crippen LogP contribution >= 0.6 is 0 Å². The summed E-state index contributed by atoms with van der Waals surface area (Å²) in [5, 5.41) is 8.40. The molecule has 1 fully saturated rings. The maximum atomic E-state index is 14.2. The predicted octanol–water partition coefficient (Wildman–Crippen LogP) is 4.84. The molecule has 6 nitrogen and oxygen atoms in total. The molecule has 2 aliphatic rings. The van der Waals surface area contributed by atoms with Crippen LogP contribution in [-0.4, -0.2) is 54.9 Å². The molecular formula is C26H28F4N2O4S. The Morgan fingerprint density at radius 1 is 1.14 bits per heavy atom. The molecule has 1 aliphatic heterocycles. The van der Waals surface area contributed by atoms with Crippen molar-refractivity contribution in [3.8, 4) is 0 Å². The highest BCUT2D eigenvalue weighted by atomic mass is 32.2. The molecule has 0 saturated carbocycles. The van der Waals surface area contributed by atoms with Crippen molar-refractivity contribution in [2.45, 2.75) is 61.1 Å². The molecule has 4 rings (SSSR count). The Hall–Kier alpha value is -2.92. The van der Waals surface area contributed by atoms with Crippen LogP contribution in [0, 0.1) is 5.82 Å². The number of hydrogen-bond donors (Lipinski definition) is 1. The van der Waals surface area contributed by atoms with Crippen molar-refractivity contribution in [1.29, 1.82) is 0 Å². The van der Waals surface area contributed by atoms with Gasteiger partial charge in [0.1, 0.15) is 11.2 Å². The molecule has 0 radical (unpaired) electrons. The molecule has 2 aromatic carbocycles. The summed E-state index contributed by atoms with van der Waals surface area (Å²) in [7, 11) is -3.99. The molecular weight excluding hydrogens is 512 g/mol. The van der Waals surface area contributed by atoms with Gasteiger partial charge in [-0.3, -0.25) is 9.69 Å². The number of carboxylic acids is 1. The van der Waals surface area contributed by atoms with Crippen LogP contribution in [-0.2, 0) is 27.2 Å². The molecule has 1 heterocycles. The van der Waals surface area contributed by atoms with E-state index in [1.54, 1.807) is 29.7 Å². The summed E-state index contributed by atoms with van der Waals surface area (Å²) in [6.45, 7) is 7.83. The van der Waals surface area contributed by atoms with E-state index in [4.69, 9.17) is 0 Å². The van der Waals surface area contributed by atoms with Crippen LogP contribution in [0.4, 0.5) is 23.2 Å². The third-order valence-corrected chi connectivity index (χ3v) is 9.23. The number of carbonyl (C=O) groups is 1. The minimum Gasteiger partial charge on any atom is -0.481 e. The van der Waals surface area contributed by atoms with Gasteiger partial charge in [0.25, 0.3) is 0 Å². The summed E-state index contributed by atoms with van der Waals surface area (Å²) < 4.78 is 80.5. The van der Waals surface area contributed by atoms with Crippen molar-refractivity contribution in [3.05, 3.63) is 71.6 Å². The topological polar surface area (TPSA) is 77.9 Å². The van der Waals surface area contributed by atoms with Gasteiger partial charge in [-0.25, -0.2) is 12.8 Å². The number of aryl methyl sites for hydroxylation is 1. The Morgan fingerprint density at radius 3 is 2.32 bits per heavy atom. The van der Waals surface area contributed by atoms with Crippen molar-refractivity contribution in [2.75, 3.05) is 18.0 Å². The van der Waals surface area contributed by atoms with Gasteiger partial charge < -0.3 is 10.0 Å². The molecule has 11 heteroatoms. The number of benzene rings is 2. The van der Waals surface area contributed by atoms with Crippen LogP contribution in [0.15, 0.2) is 53.9 Å². The third-order valence-electron chi connectivity index (χ3n) is 7.25. The molecule has 0 amide bonds. The lowest BCUT2D eigenvalue weighted by molar-refractivity contribution is -0.140. The number of carboxylic acid groups (broad SMARTS) is 1. The quantitative estimate of drug-likeness (QED) is 0.417. The number of fused-ring (bicyclic) bond motifs is 1. The van der Waals surface area contributed by atoms with Crippen molar-refractivity contribution in [2.24, 2.45) is 0 Å². The molecule has 37 heavy (non-hydrogen) atoms. The van der Waals surface area contributed by atoms with Gasteiger partial charge in [0.2, 0.25) is 0 Å². The summed E-state index contributed by atoms with van der Waals surface area (Å²) in [6, 6.07) is 6.61. The number of anilines is 1. The predicted molar refractivity (Wildman–Crippen MR) is 131 cm³/mol. The Kier molecular flexibility index (Phi) is 7.15. The highest BCUT2D eigenvalue weighted by Gasteiger charge is 2.41. The Bertz CT molecular complexity index is 1320. The second-order valence-corrected chi connectivity index (χ2v) is 11.7. The summed E-state index contributed by atoms with van der Waals surface area (Å²) in [4.78, 5) is 15.1. The molecule has 2 aromatic rings. The highest BCUT2D eigenvalue weighted by Crippen LogP contribution is 2.37. The van der Waals surface area contributed by atoms with Crippen LogP contribution < -0.4 is 4.90 Å². The monoisotopic (exact) mass is 540 g/mol. The van der Waals surface area contributed by atoms with E-state index in [0.717, 1.165) is 11.6 Å². The lowest BCUT2D eigenvalue weighted by Crippen LogP contribution is -2.61. The zero-order chi connectivity index (χ0) is 27.3. The summed E-state index contributed by atoms with van der Waals surface area (Å²) in [5.41, 5.74) is 0.265. The van der Waals surface area contributed by atoms with Crippen LogP contribution in [0.2, 0.25) is 0 Å². The van der Waals surface area contributed by atoms with E-state index < -0.39 is 44.7 Å². The first-order valence-corrected chi connectivity index (χ1v) is 13.4. The van der Waals surface area contributed by atoms with Gasteiger partial charge in [0.15, 0.2) is 9.84 Å². The van der Waals surface area contributed by atoms with Crippen molar-refractivity contribution >= 4 is 21.5 Å². The molecule has 1 aliphatic carbocycles. The van der Waals surface area contributed by atoms with Crippen LogP contribution in [0.1, 0.15) is 42.9 Å². The SMILES string of the molecule is C=CC(N1C(C)CN(c2ccc(C(F)(F)F)c(F)c2)CC1C)S(=O)(=O)c1ccc2c(c1)C(C(=O)O)CC2. The Balaban J connectivity index is 1.60. The molecule has 1 saturated heterocycles. The molecule has 0 aromatic heterocycles. The highest BCUT2D eigenvalue weighted by molar-refractivity contribution is 7.92. The van der Waals surface area contributed by atoms with Gasteiger partial charge in [0.05, 0.1) is 16.4 Å². The maximum absolute atomic E-state index is 14.2. The zero-order valence-corrected chi connectivity index (χ0v) is 21.2. The lowest BCUT2D eigenvalue weighted by Gasteiger charge is -2.47. The third kappa shape index (κ3) is 4.98. The van der Waals surface area contributed by atoms with Gasteiger partial charge >= 0.3 is 12.1 Å². The fourth-order valence-corrected chi connectivity index (χ4v) is 7.36. The Morgan fingerprint density at radius 2 is 1.78 bits per heavy atom. The van der Waals surface area contributed by atoms with Gasteiger partial charge in [-0.1, -0.05) is 12.1 Å². The van der Waals surface area contributed by atoms with E-state index in [-0.39, 0.29) is 35.8 Å². The van der Waals surface area contributed by atoms with E-state index >= 15 is 0 Å².